The third kappa shape index (κ3) is 3.99. The lowest BCUT2D eigenvalue weighted by Crippen LogP contribution is -2.30. The number of nitrogens with one attached hydrogen (secondary N) is 1. The number of hydrogen-bond acceptors (Lipinski definition) is 5. The first-order valence-electron chi connectivity index (χ1n) is 6.27. The summed E-state index contributed by atoms with van der Waals surface area (Å²) in [7, 11) is 0. The van der Waals surface area contributed by atoms with Gasteiger partial charge in [-0.15, -0.1) is 0 Å². The van der Waals surface area contributed by atoms with Crippen LogP contribution in [0.3, 0.4) is 0 Å². The zero-order valence-corrected chi connectivity index (χ0v) is 13.2. The Labute approximate surface area is 136 Å². The predicted molar refractivity (Wildman–Crippen MR) is 81.2 cm³/mol. The maximum atomic E-state index is 12.0. The zero-order chi connectivity index (χ0) is 16.3. The standard InChI is InChI=1S/C14H12Cl2N2O4/c1-7-5-12(18-22-7)17-13(19)8(2)21-14(20)10-6-9(15)3-4-11(10)16/h3-6,8H,1-2H3,(H,17,18,19)/t8-/m1/s1. The lowest BCUT2D eigenvalue weighted by atomic mass is 10.2. The highest BCUT2D eigenvalue weighted by molar-refractivity contribution is 6.35. The highest BCUT2D eigenvalue weighted by atomic mass is 35.5. The van der Waals surface area contributed by atoms with Gasteiger partial charge >= 0.3 is 5.97 Å². The first-order chi connectivity index (χ1) is 10.4. The Morgan fingerprint density at radius 1 is 1.32 bits per heavy atom. The SMILES string of the molecule is Cc1cc(NC(=O)[C@@H](C)OC(=O)c2cc(Cl)ccc2Cl)no1. The van der Waals surface area contributed by atoms with E-state index in [9.17, 15) is 9.59 Å². The summed E-state index contributed by atoms with van der Waals surface area (Å²) in [5, 5.41) is 6.61. The minimum absolute atomic E-state index is 0.0890. The number of esters is 1. The minimum Gasteiger partial charge on any atom is -0.449 e. The van der Waals surface area contributed by atoms with Crippen molar-refractivity contribution in [2.45, 2.75) is 20.0 Å². The van der Waals surface area contributed by atoms with Crippen LogP contribution in [-0.2, 0) is 9.53 Å². The molecule has 2 rings (SSSR count). The Bertz CT molecular complexity index is 715. The van der Waals surface area contributed by atoms with Gasteiger partial charge in [0, 0.05) is 11.1 Å². The average Bonchev–Trinajstić information content (AvgIpc) is 2.86. The molecule has 1 N–H and O–H groups in total. The van der Waals surface area contributed by atoms with Crippen molar-refractivity contribution in [3.8, 4) is 0 Å². The van der Waals surface area contributed by atoms with E-state index in [1.807, 2.05) is 0 Å². The summed E-state index contributed by atoms with van der Waals surface area (Å²) in [6.07, 6.45) is -1.04. The fourth-order valence-corrected chi connectivity index (χ4v) is 1.95. The molecular formula is C14H12Cl2N2O4. The molecule has 0 bridgehead atoms. The number of amides is 1. The number of anilines is 1. The van der Waals surface area contributed by atoms with E-state index in [1.54, 1.807) is 19.1 Å². The monoisotopic (exact) mass is 342 g/mol. The van der Waals surface area contributed by atoms with E-state index in [0.717, 1.165) is 0 Å². The molecule has 0 aliphatic carbocycles. The van der Waals surface area contributed by atoms with Crippen LogP contribution in [0.5, 0.6) is 0 Å². The van der Waals surface area contributed by atoms with Crippen molar-refractivity contribution < 1.29 is 18.8 Å². The zero-order valence-electron chi connectivity index (χ0n) is 11.7. The molecule has 1 aromatic heterocycles. The number of halogens is 2. The van der Waals surface area contributed by atoms with Gasteiger partial charge < -0.3 is 14.6 Å². The van der Waals surface area contributed by atoms with Gasteiger partial charge in [-0.1, -0.05) is 28.4 Å². The highest BCUT2D eigenvalue weighted by Gasteiger charge is 2.21. The second kappa shape index (κ2) is 6.81. The number of benzene rings is 1. The molecule has 1 amide bonds. The quantitative estimate of drug-likeness (QED) is 0.860. The fraction of sp³-hybridized carbons (Fsp3) is 0.214. The number of aromatic nitrogens is 1. The number of carbonyl (C=O) groups excluding carboxylic acids is 2. The molecular weight excluding hydrogens is 331 g/mol. The van der Waals surface area contributed by atoms with Crippen molar-refractivity contribution in [1.29, 1.82) is 0 Å². The second-order valence-electron chi connectivity index (χ2n) is 4.48. The molecule has 0 aliphatic heterocycles. The Balaban J connectivity index is 2.01. The van der Waals surface area contributed by atoms with Crippen LogP contribution in [0, 0.1) is 6.92 Å². The maximum absolute atomic E-state index is 12.0. The van der Waals surface area contributed by atoms with Crippen LogP contribution in [0.25, 0.3) is 0 Å². The summed E-state index contributed by atoms with van der Waals surface area (Å²) in [6.45, 7) is 3.12. The molecule has 1 aromatic carbocycles. The third-order valence-electron chi connectivity index (χ3n) is 2.68. The fourth-order valence-electron chi connectivity index (χ4n) is 1.58. The molecule has 116 valence electrons. The van der Waals surface area contributed by atoms with Crippen LogP contribution >= 0.6 is 23.2 Å². The highest BCUT2D eigenvalue weighted by Crippen LogP contribution is 2.22. The smallest absolute Gasteiger partial charge is 0.340 e. The Hall–Kier alpha value is -2.05. The van der Waals surface area contributed by atoms with E-state index in [2.05, 4.69) is 10.5 Å². The van der Waals surface area contributed by atoms with Crippen LogP contribution in [0.2, 0.25) is 10.0 Å². The molecule has 8 heteroatoms. The first kappa shape index (κ1) is 16.3. The lowest BCUT2D eigenvalue weighted by Gasteiger charge is -2.13. The Morgan fingerprint density at radius 3 is 2.68 bits per heavy atom. The first-order valence-corrected chi connectivity index (χ1v) is 7.02. The van der Waals surface area contributed by atoms with Crippen molar-refractivity contribution in [2.75, 3.05) is 5.32 Å². The van der Waals surface area contributed by atoms with Crippen molar-refractivity contribution in [2.24, 2.45) is 0 Å². The molecule has 0 fully saturated rings. The van der Waals surface area contributed by atoms with Gasteiger partial charge in [0.1, 0.15) is 5.76 Å². The van der Waals surface area contributed by atoms with Crippen molar-refractivity contribution in [1.82, 2.24) is 5.16 Å². The van der Waals surface area contributed by atoms with Gasteiger partial charge in [0.15, 0.2) is 11.9 Å². The third-order valence-corrected chi connectivity index (χ3v) is 3.25. The second-order valence-corrected chi connectivity index (χ2v) is 5.33. The number of ether oxygens (including phenoxy) is 1. The van der Waals surface area contributed by atoms with Crippen molar-refractivity contribution in [3.05, 3.63) is 45.6 Å². The molecule has 0 unspecified atom stereocenters. The molecule has 0 saturated heterocycles. The van der Waals surface area contributed by atoms with Gasteiger partial charge in [-0.05, 0) is 32.0 Å². The summed E-state index contributed by atoms with van der Waals surface area (Å²) in [5.41, 5.74) is 0.0890. The van der Waals surface area contributed by atoms with Crippen LogP contribution in [-0.4, -0.2) is 23.1 Å². The predicted octanol–water partition coefficient (Wildman–Crippen LogP) is 3.47. The molecule has 0 radical (unpaired) electrons. The number of hydrogen-bond donors (Lipinski definition) is 1. The van der Waals surface area contributed by atoms with Gasteiger partial charge in [-0.25, -0.2) is 4.79 Å². The summed E-state index contributed by atoms with van der Waals surface area (Å²) in [4.78, 5) is 23.9. The van der Waals surface area contributed by atoms with Crippen LogP contribution in [0.15, 0.2) is 28.8 Å². The topological polar surface area (TPSA) is 81.4 Å². The Kier molecular flexibility index (Phi) is 5.05. The molecule has 1 atom stereocenters. The molecule has 22 heavy (non-hydrogen) atoms. The van der Waals surface area contributed by atoms with Crippen LogP contribution in [0.1, 0.15) is 23.0 Å². The largest absolute Gasteiger partial charge is 0.449 e. The Morgan fingerprint density at radius 2 is 2.05 bits per heavy atom. The minimum atomic E-state index is -1.04. The molecule has 6 nitrogen and oxygen atoms in total. The molecule has 0 saturated carbocycles. The van der Waals surface area contributed by atoms with Gasteiger partial charge in [-0.3, -0.25) is 4.79 Å². The molecule has 2 aromatic rings. The number of nitrogens with zero attached hydrogens (tertiary/aromatic N) is 1. The average molecular weight is 343 g/mol. The number of aryl methyl sites for hydroxylation is 1. The van der Waals surface area contributed by atoms with Crippen molar-refractivity contribution in [3.63, 3.8) is 0 Å². The van der Waals surface area contributed by atoms with Crippen molar-refractivity contribution >= 4 is 40.9 Å². The van der Waals surface area contributed by atoms with E-state index >= 15 is 0 Å². The summed E-state index contributed by atoms with van der Waals surface area (Å²) in [5.74, 6) is -0.497. The van der Waals surface area contributed by atoms with E-state index in [0.29, 0.717) is 10.8 Å². The maximum Gasteiger partial charge on any atom is 0.340 e. The molecule has 0 spiro atoms. The van der Waals surface area contributed by atoms with Gasteiger partial charge in [0.2, 0.25) is 0 Å². The van der Waals surface area contributed by atoms with E-state index < -0.39 is 18.0 Å². The van der Waals surface area contributed by atoms with E-state index in [1.165, 1.54) is 19.1 Å². The van der Waals surface area contributed by atoms with Gasteiger partial charge in [-0.2, -0.15) is 0 Å². The summed E-state index contributed by atoms with van der Waals surface area (Å²) < 4.78 is 9.88. The molecule has 0 aliphatic rings. The number of carbonyl (C=O) groups is 2. The normalized spacial score (nSPS) is 11.8. The summed E-state index contributed by atoms with van der Waals surface area (Å²) in [6, 6.07) is 5.94. The lowest BCUT2D eigenvalue weighted by molar-refractivity contribution is -0.123. The summed E-state index contributed by atoms with van der Waals surface area (Å²) >= 11 is 11.7. The van der Waals surface area contributed by atoms with Gasteiger partial charge in [0.05, 0.1) is 10.6 Å². The van der Waals surface area contributed by atoms with E-state index in [4.69, 9.17) is 32.5 Å². The van der Waals surface area contributed by atoms with Crippen LogP contribution < -0.4 is 5.32 Å². The molecule has 1 heterocycles. The van der Waals surface area contributed by atoms with Crippen LogP contribution in [0.4, 0.5) is 5.82 Å². The van der Waals surface area contributed by atoms with E-state index in [-0.39, 0.29) is 16.4 Å². The van der Waals surface area contributed by atoms with Gasteiger partial charge in [0.25, 0.3) is 5.91 Å². The number of rotatable bonds is 4.